The fourth-order valence-corrected chi connectivity index (χ4v) is 2.04. The molecular formula is C18H25N3O3. The van der Waals surface area contributed by atoms with E-state index in [0.29, 0.717) is 17.7 Å². The number of anilines is 1. The number of nitrogens with one attached hydrogen (secondary N) is 2. The molecule has 0 aliphatic carbocycles. The van der Waals surface area contributed by atoms with Gasteiger partial charge in [0.1, 0.15) is 17.7 Å². The molecule has 0 saturated carbocycles. The summed E-state index contributed by atoms with van der Waals surface area (Å²) in [6, 6.07) is 8.00. The van der Waals surface area contributed by atoms with Crippen LogP contribution in [0, 0.1) is 17.2 Å². The highest BCUT2D eigenvalue weighted by molar-refractivity contribution is 5.97. The second kappa shape index (κ2) is 8.34. The van der Waals surface area contributed by atoms with Crippen LogP contribution in [-0.4, -0.2) is 23.6 Å². The Morgan fingerprint density at radius 2 is 1.92 bits per heavy atom. The van der Waals surface area contributed by atoms with Crippen molar-refractivity contribution in [2.24, 2.45) is 5.92 Å². The molecule has 2 N–H and O–H groups in total. The third kappa shape index (κ3) is 5.92. The number of nitriles is 1. The van der Waals surface area contributed by atoms with Crippen molar-refractivity contribution < 1.29 is 14.3 Å². The van der Waals surface area contributed by atoms with Crippen LogP contribution in [0.25, 0.3) is 0 Å². The number of benzene rings is 1. The maximum Gasteiger partial charge on any atom is 0.408 e. The first kappa shape index (κ1) is 19.5. The number of amides is 2. The highest BCUT2D eigenvalue weighted by Crippen LogP contribution is 2.17. The first-order valence-electron chi connectivity index (χ1n) is 7.97. The third-order valence-corrected chi connectivity index (χ3v) is 3.47. The van der Waals surface area contributed by atoms with Crippen molar-refractivity contribution in [2.75, 3.05) is 5.32 Å². The summed E-state index contributed by atoms with van der Waals surface area (Å²) >= 11 is 0. The lowest BCUT2D eigenvalue weighted by molar-refractivity contribution is -0.119. The Morgan fingerprint density at radius 3 is 2.46 bits per heavy atom. The van der Waals surface area contributed by atoms with E-state index in [9.17, 15) is 9.59 Å². The lowest BCUT2D eigenvalue weighted by Gasteiger charge is -2.26. The molecule has 24 heavy (non-hydrogen) atoms. The molecule has 0 radical (unpaired) electrons. The van der Waals surface area contributed by atoms with E-state index in [1.807, 2.05) is 19.9 Å². The zero-order chi connectivity index (χ0) is 18.3. The van der Waals surface area contributed by atoms with Gasteiger partial charge in [0, 0.05) is 0 Å². The van der Waals surface area contributed by atoms with Gasteiger partial charge in [-0.05, 0) is 38.8 Å². The maximum atomic E-state index is 12.6. The van der Waals surface area contributed by atoms with Gasteiger partial charge in [-0.3, -0.25) is 4.79 Å². The van der Waals surface area contributed by atoms with Crippen molar-refractivity contribution in [2.45, 2.75) is 52.7 Å². The van der Waals surface area contributed by atoms with E-state index in [4.69, 9.17) is 10.00 Å². The second-order valence-electron chi connectivity index (χ2n) is 6.66. The lowest BCUT2D eigenvalue weighted by Crippen LogP contribution is -2.49. The van der Waals surface area contributed by atoms with Crippen LogP contribution in [0.4, 0.5) is 10.5 Å². The predicted molar refractivity (Wildman–Crippen MR) is 92.4 cm³/mol. The van der Waals surface area contributed by atoms with Crippen molar-refractivity contribution in [3.8, 4) is 6.07 Å². The Bertz CT molecular complexity index is 629. The Labute approximate surface area is 143 Å². The molecule has 0 aliphatic heterocycles. The fraction of sp³-hybridized carbons (Fsp3) is 0.500. The lowest BCUT2D eigenvalue weighted by atomic mass is 9.98. The molecule has 0 aliphatic rings. The summed E-state index contributed by atoms with van der Waals surface area (Å²) in [5.41, 5.74) is 0.142. The normalized spacial score (nSPS) is 13.3. The first-order chi connectivity index (χ1) is 11.2. The summed E-state index contributed by atoms with van der Waals surface area (Å²) in [6.45, 7) is 9.08. The number of nitrogens with zero attached hydrogens (tertiary/aromatic N) is 1. The highest BCUT2D eigenvalue weighted by atomic mass is 16.6. The standard InChI is InChI=1S/C18H25N3O3/c1-6-12(2)15(21-17(23)24-18(3,4)5)16(22)20-14-10-8-7-9-13(14)11-19/h7-10,12,15H,6H2,1-5H3,(H,20,22)(H,21,23). The molecule has 6 heteroatoms. The number of hydrogen-bond donors (Lipinski definition) is 2. The number of alkyl carbamates (subject to hydrolysis) is 1. The van der Waals surface area contributed by atoms with Gasteiger partial charge >= 0.3 is 6.09 Å². The molecule has 0 fully saturated rings. The summed E-state index contributed by atoms with van der Waals surface area (Å²) in [7, 11) is 0. The summed E-state index contributed by atoms with van der Waals surface area (Å²) in [5.74, 6) is -0.468. The summed E-state index contributed by atoms with van der Waals surface area (Å²) < 4.78 is 5.23. The topological polar surface area (TPSA) is 91.2 Å². The number of ether oxygens (including phenoxy) is 1. The molecule has 2 atom stereocenters. The molecule has 130 valence electrons. The van der Waals surface area contributed by atoms with Crippen molar-refractivity contribution in [3.63, 3.8) is 0 Å². The predicted octanol–water partition coefficient (Wildman–Crippen LogP) is 3.44. The molecule has 0 saturated heterocycles. The van der Waals surface area contributed by atoms with Gasteiger partial charge in [0.05, 0.1) is 11.3 Å². The zero-order valence-electron chi connectivity index (χ0n) is 14.8. The van der Waals surface area contributed by atoms with Gasteiger partial charge in [0.25, 0.3) is 0 Å². The summed E-state index contributed by atoms with van der Waals surface area (Å²) in [5, 5.41) is 14.4. The minimum absolute atomic E-state index is 0.0910. The number of carbonyl (C=O) groups excluding carboxylic acids is 2. The average Bonchev–Trinajstić information content (AvgIpc) is 2.50. The largest absolute Gasteiger partial charge is 0.444 e. The molecule has 1 rings (SSSR count). The molecule has 0 bridgehead atoms. The number of rotatable bonds is 5. The van der Waals surface area contributed by atoms with Crippen LogP contribution in [0.1, 0.15) is 46.6 Å². The second-order valence-corrected chi connectivity index (χ2v) is 6.66. The van der Waals surface area contributed by atoms with Crippen LogP contribution in [0.2, 0.25) is 0 Å². The Morgan fingerprint density at radius 1 is 1.29 bits per heavy atom. The number of carbonyl (C=O) groups is 2. The van der Waals surface area contributed by atoms with Crippen molar-refractivity contribution >= 4 is 17.7 Å². The van der Waals surface area contributed by atoms with E-state index in [-0.39, 0.29) is 11.8 Å². The molecule has 2 amide bonds. The molecule has 0 aromatic heterocycles. The van der Waals surface area contributed by atoms with Gasteiger partial charge in [-0.15, -0.1) is 0 Å². The quantitative estimate of drug-likeness (QED) is 0.864. The van der Waals surface area contributed by atoms with Gasteiger partial charge < -0.3 is 15.4 Å². The van der Waals surface area contributed by atoms with E-state index in [2.05, 4.69) is 10.6 Å². The van der Waals surface area contributed by atoms with Crippen LogP contribution in [0.15, 0.2) is 24.3 Å². The molecule has 6 nitrogen and oxygen atoms in total. The zero-order valence-corrected chi connectivity index (χ0v) is 14.8. The Hall–Kier alpha value is -2.55. The van der Waals surface area contributed by atoms with Crippen LogP contribution < -0.4 is 10.6 Å². The summed E-state index contributed by atoms with van der Waals surface area (Å²) in [4.78, 5) is 24.6. The van der Waals surface area contributed by atoms with Crippen molar-refractivity contribution in [1.82, 2.24) is 5.32 Å². The van der Waals surface area contributed by atoms with Crippen molar-refractivity contribution in [3.05, 3.63) is 29.8 Å². The SMILES string of the molecule is CCC(C)C(NC(=O)OC(C)(C)C)C(=O)Nc1ccccc1C#N. The minimum atomic E-state index is -0.753. The smallest absolute Gasteiger partial charge is 0.408 e. The van der Waals surface area contributed by atoms with Gasteiger partial charge in [-0.2, -0.15) is 5.26 Å². The molecule has 1 aromatic rings. The molecule has 2 unspecified atom stereocenters. The summed E-state index contributed by atoms with van der Waals surface area (Å²) in [6.07, 6.45) is 0.0601. The van der Waals surface area contributed by atoms with Crippen LogP contribution in [0.5, 0.6) is 0 Å². The third-order valence-electron chi connectivity index (χ3n) is 3.47. The van der Waals surface area contributed by atoms with E-state index in [1.54, 1.807) is 45.0 Å². The molecular weight excluding hydrogens is 306 g/mol. The molecule has 0 spiro atoms. The average molecular weight is 331 g/mol. The van der Waals surface area contributed by atoms with E-state index >= 15 is 0 Å². The Kier molecular flexibility index (Phi) is 6.78. The monoisotopic (exact) mass is 331 g/mol. The van der Waals surface area contributed by atoms with Crippen molar-refractivity contribution in [1.29, 1.82) is 5.26 Å². The van der Waals surface area contributed by atoms with Gasteiger partial charge in [0.15, 0.2) is 0 Å². The van der Waals surface area contributed by atoms with Gasteiger partial charge in [-0.25, -0.2) is 4.79 Å². The number of para-hydroxylation sites is 1. The van der Waals surface area contributed by atoms with E-state index in [0.717, 1.165) is 0 Å². The first-order valence-corrected chi connectivity index (χ1v) is 7.97. The molecule has 0 heterocycles. The molecule has 1 aromatic carbocycles. The van der Waals surface area contributed by atoms with E-state index in [1.165, 1.54) is 0 Å². The van der Waals surface area contributed by atoms with Crippen LogP contribution in [0.3, 0.4) is 0 Å². The van der Waals surface area contributed by atoms with Crippen LogP contribution in [-0.2, 0) is 9.53 Å². The van der Waals surface area contributed by atoms with Gasteiger partial charge in [-0.1, -0.05) is 32.4 Å². The van der Waals surface area contributed by atoms with Gasteiger partial charge in [0.2, 0.25) is 5.91 Å². The number of hydrogen-bond acceptors (Lipinski definition) is 4. The Balaban J connectivity index is 2.90. The van der Waals surface area contributed by atoms with Crippen LogP contribution >= 0.6 is 0 Å². The fourth-order valence-electron chi connectivity index (χ4n) is 2.04. The highest BCUT2D eigenvalue weighted by Gasteiger charge is 2.28. The van der Waals surface area contributed by atoms with E-state index < -0.39 is 17.7 Å². The maximum absolute atomic E-state index is 12.6. The minimum Gasteiger partial charge on any atom is -0.444 e.